The molecule has 1 aromatic heterocycles. The van der Waals surface area contributed by atoms with Gasteiger partial charge in [-0.3, -0.25) is 0 Å². The predicted molar refractivity (Wildman–Crippen MR) is 57.9 cm³/mol. The third-order valence-electron chi connectivity index (χ3n) is 1.58. The Balaban J connectivity index is 2.60. The van der Waals surface area contributed by atoms with E-state index in [1.165, 1.54) is 0 Å². The van der Waals surface area contributed by atoms with Crippen molar-refractivity contribution in [2.45, 2.75) is 19.4 Å². The monoisotopic (exact) mass is 264 g/mol. The van der Waals surface area contributed by atoms with E-state index in [4.69, 9.17) is 10.5 Å². The average molecular weight is 265 g/mol. The summed E-state index contributed by atoms with van der Waals surface area (Å²) in [6.07, 6.45) is 1.92. The Morgan fingerprint density at radius 3 is 3.00 bits per heavy atom. The van der Waals surface area contributed by atoms with Gasteiger partial charge in [-0.2, -0.15) is 0 Å². The molecule has 0 bridgehead atoms. The summed E-state index contributed by atoms with van der Waals surface area (Å²) >= 11 is 5.11. The molecule has 0 aliphatic carbocycles. The van der Waals surface area contributed by atoms with Crippen molar-refractivity contribution in [2.75, 3.05) is 13.7 Å². The fraction of sp³-hybridized carbons (Fsp3) is 0.625. The zero-order valence-electron chi connectivity index (χ0n) is 7.55. The molecule has 0 saturated heterocycles. The molecule has 1 heterocycles. The minimum Gasteiger partial charge on any atom is -0.378 e. The van der Waals surface area contributed by atoms with Crippen molar-refractivity contribution in [1.29, 1.82) is 0 Å². The van der Waals surface area contributed by atoms with E-state index in [1.807, 2.05) is 0 Å². The topological polar surface area (TPSA) is 48.1 Å². The van der Waals surface area contributed by atoms with Crippen molar-refractivity contribution in [3.8, 4) is 0 Å². The highest BCUT2D eigenvalue weighted by Crippen LogP contribution is 2.26. The molecule has 5 heteroatoms. The molecule has 0 spiro atoms. The Bertz CT molecular complexity index is 265. The predicted octanol–water partition coefficient (Wildman–Crippen LogP) is 1.94. The minimum atomic E-state index is 0.589. The van der Waals surface area contributed by atoms with E-state index in [0.717, 1.165) is 27.3 Å². The van der Waals surface area contributed by atoms with Crippen molar-refractivity contribution in [2.24, 2.45) is 5.73 Å². The van der Waals surface area contributed by atoms with E-state index in [2.05, 4.69) is 20.9 Å². The van der Waals surface area contributed by atoms with Crippen molar-refractivity contribution in [3.63, 3.8) is 0 Å². The highest BCUT2D eigenvalue weighted by molar-refractivity contribution is 9.11. The summed E-state index contributed by atoms with van der Waals surface area (Å²) in [6.45, 7) is 1.30. The van der Waals surface area contributed by atoms with Gasteiger partial charge in [0.15, 0.2) is 0 Å². The molecule has 0 amide bonds. The van der Waals surface area contributed by atoms with E-state index >= 15 is 0 Å². The van der Waals surface area contributed by atoms with Gasteiger partial charge in [-0.1, -0.05) is 0 Å². The Labute approximate surface area is 90.4 Å². The summed E-state index contributed by atoms with van der Waals surface area (Å²) in [5.74, 6) is 0. The second-order valence-electron chi connectivity index (χ2n) is 2.65. The van der Waals surface area contributed by atoms with Crippen LogP contribution in [0.25, 0.3) is 0 Å². The van der Waals surface area contributed by atoms with Gasteiger partial charge in [0.1, 0.15) is 5.01 Å². The van der Waals surface area contributed by atoms with Gasteiger partial charge in [-0.25, -0.2) is 4.98 Å². The smallest absolute Gasteiger partial charge is 0.120 e. The van der Waals surface area contributed by atoms with Crippen LogP contribution >= 0.6 is 27.3 Å². The van der Waals surface area contributed by atoms with Crippen LogP contribution in [0.2, 0.25) is 0 Å². The van der Waals surface area contributed by atoms with Gasteiger partial charge in [-0.05, 0) is 35.3 Å². The quantitative estimate of drug-likeness (QED) is 0.885. The fourth-order valence-electron chi connectivity index (χ4n) is 0.989. The average Bonchev–Trinajstić information content (AvgIpc) is 2.44. The van der Waals surface area contributed by atoms with E-state index in [0.29, 0.717) is 13.2 Å². The molecule has 0 saturated carbocycles. The normalized spacial score (nSPS) is 10.7. The maximum Gasteiger partial charge on any atom is 0.120 e. The van der Waals surface area contributed by atoms with E-state index in [-0.39, 0.29) is 0 Å². The van der Waals surface area contributed by atoms with E-state index in [9.17, 15) is 0 Å². The number of ether oxygens (including phenoxy) is 1. The number of hydrogen-bond acceptors (Lipinski definition) is 4. The first-order valence-corrected chi connectivity index (χ1v) is 5.72. The maximum absolute atomic E-state index is 5.43. The van der Waals surface area contributed by atoms with Crippen molar-refractivity contribution in [1.82, 2.24) is 4.98 Å². The van der Waals surface area contributed by atoms with Gasteiger partial charge in [0.25, 0.3) is 0 Å². The molecule has 3 nitrogen and oxygen atoms in total. The second-order valence-corrected chi connectivity index (χ2v) is 5.05. The summed E-state index contributed by atoms with van der Waals surface area (Å²) in [4.78, 5) is 4.43. The van der Waals surface area contributed by atoms with Gasteiger partial charge in [0, 0.05) is 7.11 Å². The highest BCUT2D eigenvalue weighted by atomic mass is 79.9. The van der Waals surface area contributed by atoms with Gasteiger partial charge in [0.2, 0.25) is 0 Å². The van der Waals surface area contributed by atoms with Crippen molar-refractivity contribution in [3.05, 3.63) is 14.5 Å². The molecule has 1 rings (SSSR count). The molecule has 0 radical (unpaired) electrons. The summed E-state index contributed by atoms with van der Waals surface area (Å²) < 4.78 is 6.11. The Kier molecular flexibility index (Phi) is 4.87. The zero-order chi connectivity index (χ0) is 9.68. The first-order chi connectivity index (χ1) is 6.27. The van der Waals surface area contributed by atoms with Gasteiger partial charge >= 0.3 is 0 Å². The zero-order valence-corrected chi connectivity index (χ0v) is 9.95. The Hall–Kier alpha value is 0.0300. The van der Waals surface area contributed by atoms with Gasteiger partial charge < -0.3 is 10.5 Å². The molecule has 0 atom stereocenters. The van der Waals surface area contributed by atoms with Crippen LogP contribution in [0, 0.1) is 0 Å². The van der Waals surface area contributed by atoms with Crippen molar-refractivity contribution < 1.29 is 4.74 Å². The van der Waals surface area contributed by atoms with Gasteiger partial charge in [0.05, 0.1) is 16.1 Å². The number of hydrogen-bond donors (Lipinski definition) is 1. The number of rotatable bonds is 5. The number of aryl methyl sites for hydroxylation is 1. The van der Waals surface area contributed by atoms with Crippen LogP contribution in [0.5, 0.6) is 0 Å². The van der Waals surface area contributed by atoms with Crippen LogP contribution < -0.4 is 5.73 Å². The lowest BCUT2D eigenvalue weighted by atomic mass is 10.2. The molecule has 0 aliphatic rings. The Morgan fingerprint density at radius 2 is 2.38 bits per heavy atom. The van der Waals surface area contributed by atoms with Crippen LogP contribution in [0.15, 0.2) is 3.79 Å². The van der Waals surface area contributed by atoms with Crippen LogP contribution in [-0.2, 0) is 17.8 Å². The summed E-state index contributed by atoms with van der Waals surface area (Å²) in [5.41, 5.74) is 6.53. The second kappa shape index (κ2) is 5.70. The number of methoxy groups -OCH3 is 1. The largest absolute Gasteiger partial charge is 0.378 e. The molecule has 0 aliphatic heterocycles. The van der Waals surface area contributed by atoms with Crippen LogP contribution in [0.1, 0.15) is 17.1 Å². The molecule has 1 aromatic rings. The number of nitrogens with zero attached hydrogens (tertiary/aromatic N) is 1. The third-order valence-corrected chi connectivity index (χ3v) is 3.38. The van der Waals surface area contributed by atoms with Crippen LogP contribution in [-0.4, -0.2) is 18.6 Å². The molecule has 0 aromatic carbocycles. The van der Waals surface area contributed by atoms with E-state index < -0.39 is 0 Å². The standard InChI is InChI=1S/C8H13BrN2OS/c1-12-5-7-11-6(3-2-4-10)8(9)13-7/h2-5,10H2,1H3. The van der Waals surface area contributed by atoms with Crippen LogP contribution in [0.3, 0.4) is 0 Å². The SMILES string of the molecule is COCc1nc(CCCN)c(Br)s1. The Morgan fingerprint density at radius 1 is 1.62 bits per heavy atom. The lowest BCUT2D eigenvalue weighted by molar-refractivity contribution is 0.184. The van der Waals surface area contributed by atoms with Crippen molar-refractivity contribution >= 4 is 27.3 Å². The summed E-state index contributed by atoms with van der Waals surface area (Å²) in [7, 11) is 1.68. The third kappa shape index (κ3) is 3.34. The minimum absolute atomic E-state index is 0.589. The number of nitrogens with two attached hydrogens (primary N) is 1. The number of aromatic nitrogens is 1. The first-order valence-electron chi connectivity index (χ1n) is 4.11. The number of thiazole rings is 1. The molecule has 74 valence electrons. The fourth-order valence-corrected chi connectivity index (χ4v) is 2.64. The van der Waals surface area contributed by atoms with Gasteiger partial charge in [-0.15, -0.1) is 11.3 Å². The molecular weight excluding hydrogens is 252 g/mol. The van der Waals surface area contributed by atoms with E-state index in [1.54, 1.807) is 18.4 Å². The summed E-state index contributed by atoms with van der Waals surface area (Å²) in [5, 5.41) is 1.02. The molecule has 0 unspecified atom stereocenters. The van der Waals surface area contributed by atoms with Crippen LogP contribution in [0.4, 0.5) is 0 Å². The lowest BCUT2D eigenvalue weighted by Gasteiger charge is -1.93. The molecular formula is C8H13BrN2OS. The first kappa shape index (κ1) is 11.1. The highest BCUT2D eigenvalue weighted by Gasteiger charge is 2.07. The number of halogens is 1. The molecule has 2 N–H and O–H groups in total. The summed E-state index contributed by atoms with van der Waals surface area (Å²) in [6, 6.07) is 0. The molecule has 0 fully saturated rings. The lowest BCUT2D eigenvalue weighted by Crippen LogP contribution is -2.01. The molecule has 13 heavy (non-hydrogen) atoms. The maximum atomic E-state index is 5.43.